The molecular formula is C16H12F3NO3. The number of hydrogen-bond donors (Lipinski definition) is 1. The van der Waals surface area contributed by atoms with Gasteiger partial charge in [-0.2, -0.15) is 13.2 Å². The second kappa shape index (κ2) is 5.57. The fourth-order valence-electron chi connectivity index (χ4n) is 2.51. The van der Waals surface area contributed by atoms with Gasteiger partial charge in [-0.3, -0.25) is 4.79 Å². The lowest BCUT2D eigenvalue weighted by Gasteiger charge is -2.22. The average molecular weight is 323 g/mol. The van der Waals surface area contributed by atoms with Gasteiger partial charge < -0.3 is 9.84 Å². The van der Waals surface area contributed by atoms with Crippen molar-refractivity contribution in [3.63, 3.8) is 0 Å². The minimum Gasteiger partial charge on any atom is -0.492 e. The molecule has 0 fully saturated rings. The van der Waals surface area contributed by atoms with E-state index in [-0.39, 0.29) is 30.0 Å². The van der Waals surface area contributed by atoms with Crippen molar-refractivity contribution in [1.82, 2.24) is 4.98 Å². The second-order valence-electron chi connectivity index (χ2n) is 5.19. The van der Waals surface area contributed by atoms with Crippen LogP contribution < -0.4 is 4.74 Å². The SMILES string of the molecule is O=C(O)C1CCOc2ccc(-c3cccc(C(F)(F)F)c3)nc21. The zero-order chi connectivity index (χ0) is 16.6. The summed E-state index contributed by atoms with van der Waals surface area (Å²) in [6.45, 7) is 0.272. The van der Waals surface area contributed by atoms with Crippen LogP contribution in [0.2, 0.25) is 0 Å². The first-order valence-corrected chi connectivity index (χ1v) is 6.90. The topological polar surface area (TPSA) is 59.4 Å². The molecule has 2 heterocycles. The second-order valence-corrected chi connectivity index (χ2v) is 5.19. The van der Waals surface area contributed by atoms with Gasteiger partial charge >= 0.3 is 12.1 Å². The van der Waals surface area contributed by atoms with Gasteiger partial charge in [0.2, 0.25) is 0 Å². The largest absolute Gasteiger partial charge is 0.492 e. The van der Waals surface area contributed by atoms with E-state index in [0.29, 0.717) is 5.75 Å². The third-order valence-electron chi connectivity index (χ3n) is 3.66. The summed E-state index contributed by atoms with van der Waals surface area (Å²) in [4.78, 5) is 15.5. The van der Waals surface area contributed by atoms with Gasteiger partial charge in [-0.25, -0.2) is 4.98 Å². The van der Waals surface area contributed by atoms with Gasteiger partial charge in [-0.05, 0) is 24.3 Å². The van der Waals surface area contributed by atoms with Crippen LogP contribution in [0.4, 0.5) is 13.2 Å². The van der Waals surface area contributed by atoms with E-state index >= 15 is 0 Å². The fourth-order valence-corrected chi connectivity index (χ4v) is 2.51. The van der Waals surface area contributed by atoms with Gasteiger partial charge in [0.1, 0.15) is 11.7 Å². The molecule has 1 aliphatic heterocycles. The molecule has 0 bridgehead atoms. The quantitative estimate of drug-likeness (QED) is 0.915. The van der Waals surface area contributed by atoms with Gasteiger partial charge in [-0.1, -0.05) is 12.1 Å². The number of carboxylic acid groups (broad SMARTS) is 1. The van der Waals surface area contributed by atoms with Crippen molar-refractivity contribution in [2.24, 2.45) is 0 Å². The van der Waals surface area contributed by atoms with Crippen molar-refractivity contribution in [1.29, 1.82) is 0 Å². The molecule has 23 heavy (non-hydrogen) atoms. The molecule has 0 radical (unpaired) electrons. The molecule has 0 spiro atoms. The normalized spacial score (nSPS) is 17.3. The van der Waals surface area contributed by atoms with E-state index in [1.165, 1.54) is 18.2 Å². The molecule has 0 saturated carbocycles. The highest BCUT2D eigenvalue weighted by Gasteiger charge is 2.31. The molecule has 1 aromatic carbocycles. The van der Waals surface area contributed by atoms with E-state index < -0.39 is 23.6 Å². The Balaban J connectivity index is 2.05. The summed E-state index contributed by atoms with van der Waals surface area (Å²) in [6, 6.07) is 7.85. The molecule has 1 aliphatic rings. The maximum absolute atomic E-state index is 12.8. The van der Waals surface area contributed by atoms with Crippen molar-refractivity contribution < 1.29 is 27.8 Å². The Bertz CT molecular complexity index is 758. The lowest BCUT2D eigenvalue weighted by Crippen LogP contribution is -2.22. The first-order valence-electron chi connectivity index (χ1n) is 6.90. The summed E-state index contributed by atoms with van der Waals surface area (Å²) < 4.78 is 43.8. The van der Waals surface area contributed by atoms with E-state index in [9.17, 15) is 23.1 Å². The number of hydrogen-bond acceptors (Lipinski definition) is 3. The van der Waals surface area contributed by atoms with Crippen LogP contribution in [0.1, 0.15) is 23.6 Å². The fraction of sp³-hybridized carbons (Fsp3) is 0.250. The van der Waals surface area contributed by atoms with Crippen molar-refractivity contribution in [2.45, 2.75) is 18.5 Å². The summed E-state index contributed by atoms with van der Waals surface area (Å²) in [5.41, 5.74) is 0.0307. The lowest BCUT2D eigenvalue weighted by molar-refractivity contribution is -0.139. The number of pyridine rings is 1. The molecule has 1 atom stereocenters. The minimum absolute atomic E-state index is 0.249. The van der Waals surface area contributed by atoms with Crippen LogP contribution in [0.25, 0.3) is 11.3 Å². The van der Waals surface area contributed by atoms with Crippen LogP contribution in [0.5, 0.6) is 5.75 Å². The summed E-state index contributed by atoms with van der Waals surface area (Å²) >= 11 is 0. The van der Waals surface area contributed by atoms with Crippen molar-refractivity contribution >= 4 is 5.97 Å². The highest BCUT2D eigenvalue weighted by atomic mass is 19.4. The Morgan fingerprint density at radius 2 is 2.04 bits per heavy atom. The molecule has 120 valence electrons. The Kier molecular flexibility index (Phi) is 3.71. The Hall–Kier alpha value is -2.57. The maximum atomic E-state index is 12.8. The number of aliphatic carboxylic acids is 1. The highest BCUT2D eigenvalue weighted by molar-refractivity contribution is 5.77. The number of halogens is 3. The summed E-state index contributed by atoms with van der Waals surface area (Å²) in [5, 5.41) is 9.25. The Labute approximate surface area is 129 Å². The van der Waals surface area contributed by atoms with Crippen molar-refractivity contribution in [2.75, 3.05) is 6.61 Å². The number of benzene rings is 1. The standard InChI is InChI=1S/C16H12F3NO3/c17-16(18,19)10-3-1-2-9(8-10)12-4-5-13-14(20-12)11(15(21)22)6-7-23-13/h1-5,8,11H,6-7H2,(H,21,22). The van der Waals surface area contributed by atoms with Crippen molar-refractivity contribution in [3.05, 3.63) is 47.7 Å². The van der Waals surface area contributed by atoms with Crippen LogP contribution in [0, 0.1) is 0 Å². The monoisotopic (exact) mass is 323 g/mol. The van der Waals surface area contributed by atoms with E-state index in [4.69, 9.17) is 4.74 Å². The maximum Gasteiger partial charge on any atom is 0.416 e. The highest BCUT2D eigenvalue weighted by Crippen LogP contribution is 2.36. The van der Waals surface area contributed by atoms with E-state index in [1.807, 2.05) is 0 Å². The van der Waals surface area contributed by atoms with Crippen LogP contribution in [0.3, 0.4) is 0 Å². The molecule has 0 amide bonds. The zero-order valence-corrected chi connectivity index (χ0v) is 11.8. The molecule has 1 N–H and O–H groups in total. The number of fused-ring (bicyclic) bond motifs is 1. The molecular weight excluding hydrogens is 311 g/mol. The number of carbonyl (C=O) groups is 1. The third-order valence-corrected chi connectivity index (χ3v) is 3.66. The minimum atomic E-state index is -4.45. The van der Waals surface area contributed by atoms with Crippen LogP contribution >= 0.6 is 0 Å². The molecule has 0 aliphatic carbocycles. The van der Waals surface area contributed by atoms with E-state index in [0.717, 1.165) is 12.1 Å². The van der Waals surface area contributed by atoms with E-state index in [2.05, 4.69) is 4.98 Å². The molecule has 2 aromatic rings. The first-order chi connectivity index (χ1) is 10.9. The average Bonchev–Trinajstić information content (AvgIpc) is 2.53. The third kappa shape index (κ3) is 2.99. The van der Waals surface area contributed by atoms with Gasteiger partial charge in [0.15, 0.2) is 0 Å². The summed E-state index contributed by atoms with van der Waals surface area (Å²) in [7, 11) is 0. The predicted octanol–water partition coefficient (Wildman–Crippen LogP) is 3.72. The van der Waals surface area contributed by atoms with Gasteiger partial charge in [-0.15, -0.1) is 0 Å². The number of rotatable bonds is 2. The molecule has 3 rings (SSSR count). The van der Waals surface area contributed by atoms with Crippen LogP contribution in [-0.4, -0.2) is 22.7 Å². The summed E-state index contributed by atoms with van der Waals surface area (Å²) in [6.07, 6.45) is -4.17. The Morgan fingerprint density at radius 1 is 1.26 bits per heavy atom. The van der Waals surface area contributed by atoms with Gasteiger partial charge in [0.05, 0.1) is 23.6 Å². The van der Waals surface area contributed by atoms with Gasteiger partial charge in [0, 0.05) is 12.0 Å². The van der Waals surface area contributed by atoms with Gasteiger partial charge in [0.25, 0.3) is 0 Å². The van der Waals surface area contributed by atoms with Crippen LogP contribution in [0.15, 0.2) is 36.4 Å². The number of alkyl halides is 3. The zero-order valence-electron chi connectivity index (χ0n) is 11.8. The number of nitrogens with zero attached hydrogens (tertiary/aromatic N) is 1. The number of aromatic nitrogens is 1. The smallest absolute Gasteiger partial charge is 0.416 e. The predicted molar refractivity (Wildman–Crippen MR) is 75.2 cm³/mol. The Morgan fingerprint density at radius 3 is 2.74 bits per heavy atom. The molecule has 7 heteroatoms. The number of ether oxygens (including phenoxy) is 1. The molecule has 1 unspecified atom stereocenters. The summed E-state index contributed by atoms with van der Waals surface area (Å²) in [5.74, 6) is -1.48. The molecule has 4 nitrogen and oxygen atoms in total. The molecule has 1 aromatic heterocycles. The lowest BCUT2D eigenvalue weighted by atomic mass is 9.97. The number of carboxylic acids is 1. The van der Waals surface area contributed by atoms with Crippen LogP contribution in [-0.2, 0) is 11.0 Å². The molecule has 0 saturated heterocycles. The van der Waals surface area contributed by atoms with E-state index in [1.54, 1.807) is 6.07 Å². The first kappa shape index (κ1) is 15.3. The van der Waals surface area contributed by atoms with Crippen molar-refractivity contribution in [3.8, 4) is 17.0 Å².